The lowest BCUT2D eigenvalue weighted by molar-refractivity contribution is 0.102. The van der Waals surface area contributed by atoms with Gasteiger partial charge in [-0.3, -0.25) is 9.79 Å². The van der Waals surface area contributed by atoms with Gasteiger partial charge in [0.1, 0.15) is 12.3 Å². The molecule has 0 aromatic heterocycles. The summed E-state index contributed by atoms with van der Waals surface area (Å²) < 4.78 is 0. The molecular formula is C19H20N2O2. The molecule has 1 saturated carbocycles. The summed E-state index contributed by atoms with van der Waals surface area (Å²) in [4.78, 5) is 23.0. The second-order valence-electron chi connectivity index (χ2n) is 6.68. The van der Waals surface area contributed by atoms with Crippen molar-refractivity contribution in [2.75, 3.05) is 6.61 Å². The van der Waals surface area contributed by atoms with E-state index in [4.69, 9.17) is 4.84 Å². The van der Waals surface area contributed by atoms with Gasteiger partial charge in [0.2, 0.25) is 0 Å². The average molecular weight is 308 g/mol. The van der Waals surface area contributed by atoms with Crippen LogP contribution in [0.3, 0.4) is 0 Å². The van der Waals surface area contributed by atoms with Crippen molar-refractivity contribution in [3.05, 3.63) is 46.7 Å². The van der Waals surface area contributed by atoms with Crippen molar-refractivity contribution < 1.29 is 9.63 Å². The number of oxime groups is 1. The zero-order valence-corrected chi connectivity index (χ0v) is 13.3. The van der Waals surface area contributed by atoms with E-state index in [1.807, 2.05) is 30.5 Å². The van der Waals surface area contributed by atoms with Crippen LogP contribution in [-0.4, -0.2) is 24.3 Å². The Hall–Kier alpha value is -2.23. The highest BCUT2D eigenvalue weighted by Crippen LogP contribution is 2.33. The van der Waals surface area contributed by atoms with Gasteiger partial charge in [-0.1, -0.05) is 36.3 Å². The zero-order chi connectivity index (χ0) is 15.8. The van der Waals surface area contributed by atoms with E-state index in [1.165, 1.54) is 12.8 Å². The van der Waals surface area contributed by atoms with Crippen molar-refractivity contribution in [3.8, 4) is 0 Å². The number of Topliss-reactive ketones (excluding diaryl/α,β-unsaturated/α-hetero) is 1. The van der Waals surface area contributed by atoms with E-state index in [0.29, 0.717) is 35.4 Å². The molecule has 1 unspecified atom stereocenters. The number of rotatable bonds is 3. The highest BCUT2D eigenvalue weighted by molar-refractivity contribution is 6.28. The molecule has 23 heavy (non-hydrogen) atoms. The number of carbonyl (C=O) groups excluding carboxylic acids is 1. The Bertz CT molecular complexity index is 741. The van der Waals surface area contributed by atoms with E-state index in [0.717, 1.165) is 24.0 Å². The van der Waals surface area contributed by atoms with Crippen LogP contribution in [0.15, 0.2) is 45.7 Å². The number of hydrogen-bond donors (Lipinski definition) is 0. The van der Waals surface area contributed by atoms with Gasteiger partial charge in [0.15, 0.2) is 5.78 Å². The monoisotopic (exact) mass is 308 g/mol. The van der Waals surface area contributed by atoms with E-state index in [1.54, 1.807) is 0 Å². The number of nitrogens with zero attached hydrogens (tertiary/aromatic N) is 2. The van der Waals surface area contributed by atoms with Crippen LogP contribution in [0.25, 0.3) is 0 Å². The second-order valence-corrected chi connectivity index (χ2v) is 6.68. The number of carbonyl (C=O) groups is 1. The number of benzene rings is 1. The number of fused-ring (bicyclic) bond motifs is 1. The lowest BCUT2D eigenvalue weighted by Gasteiger charge is -2.20. The summed E-state index contributed by atoms with van der Waals surface area (Å²) in [5.74, 6) is 1.10. The minimum Gasteiger partial charge on any atom is -0.395 e. The molecular weight excluding hydrogens is 288 g/mol. The van der Waals surface area contributed by atoms with Crippen molar-refractivity contribution in [2.24, 2.45) is 22.0 Å². The Morgan fingerprint density at radius 2 is 2.00 bits per heavy atom. The molecule has 1 aromatic carbocycles. The first-order valence-corrected chi connectivity index (χ1v) is 8.36. The van der Waals surface area contributed by atoms with Gasteiger partial charge in [-0.2, -0.15) is 0 Å². The molecule has 0 amide bonds. The fraction of sp³-hybridized carbons (Fsp3) is 0.421. The van der Waals surface area contributed by atoms with E-state index < -0.39 is 0 Å². The summed E-state index contributed by atoms with van der Waals surface area (Å²) >= 11 is 0. The first kappa shape index (κ1) is 14.4. The smallest absolute Gasteiger partial charge is 0.191 e. The van der Waals surface area contributed by atoms with Crippen LogP contribution in [0.1, 0.15) is 48.5 Å². The van der Waals surface area contributed by atoms with E-state index in [-0.39, 0.29) is 5.78 Å². The molecule has 0 spiro atoms. The van der Waals surface area contributed by atoms with Gasteiger partial charge < -0.3 is 4.84 Å². The Balaban J connectivity index is 1.78. The largest absolute Gasteiger partial charge is 0.395 e. The maximum atomic E-state index is 12.8. The molecule has 1 fully saturated rings. The molecule has 4 rings (SSSR count). The minimum absolute atomic E-state index is 0.0861. The van der Waals surface area contributed by atoms with Gasteiger partial charge in [0, 0.05) is 22.9 Å². The van der Waals surface area contributed by atoms with Crippen LogP contribution in [0.4, 0.5) is 0 Å². The third-order valence-corrected chi connectivity index (χ3v) is 4.68. The number of ketones is 1. The number of allylic oxidation sites excluding steroid dienone is 2. The molecule has 1 aliphatic heterocycles. The molecule has 1 heterocycles. The average Bonchev–Trinajstić information content (AvgIpc) is 3.39. The zero-order valence-electron chi connectivity index (χ0n) is 13.3. The predicted octanol–water partition coefficient (Wildman–Crippen LogP) is 3.77. The van der Waals surface area contributed by atoms with E-state index in [9.17, 15) is 4.79 Å². The normalized spacial score (nSPS) is 25.2. The van der Waals surface area contributed by atoms with Crippen molar-refractivity contribution in [1.29, 1.82) is 0 Å². The van der Waals surface area contributed by atoms with Gasteiger partial charge in [-0.15, -0.1) is 0 Å². The molecule has 2 aliphatic carbocycles. The number of aliphatic imine (C=N–C) groups is 1. The molecule has 0 N–H and O–H groups in total. The summed E-state index contributed by atoms with van der Waals surface area (Å²) in [6, 6.07) is 7.63. The van der Waals surface area contributed by atoms with Crippen molar-refractivity contribution in [3.63, 3.8) is 0 Å². The van der Waals surface area contributed by atoms with Crippen LogP contribution in [0.2, 0.25) is 0 Å². The highest BCUT2D eigenvalue weighted by Gasteiger charge is 2.32. The maximum absolute atomic E-state index is 12.8. The molecule has 118 valence electrons. The SMILES string of the molecule is CC1C=NC2=C(CC1)C(=O)c1ccccc1/C2=N\OCC1CC1. The molecule has 4 heteroatoms. The molecule has 4 nitrogen and oxygen atoms in total. The van der Waals surface area contributed by atoms with Crippen LogP contribution >= 0.6 is 0 Å². The van der Waals surface area contributed by atoms with Crippen LogP contribution < -0.4 is 0 Å². The van der Waals surface area contributed by atoms with Crippen LogP contribution in [0.5, 0.6) is 0 Å². The number of hydrogen-bond acceptors (Lipinski definition) is 4. The van der Waals surface area contributed by atoms with Gasteiger partial charge in [0.05, 0.1) is 5.70 Å². The lowest BCUT2D eigenvalue weighted by Crippen LogP contribution is -2.22. The summed E-state index contributed by atoms with van der Waals surface area (Å²) in [7, 11) is 0. The fourth-order valence-corrected chi connectivity index (χ4v) is 3.03. The summed E-state index contributed by atoms with van der Waals surface area (Å²) in [5, 5.41) is 4.38. The Morgan fingerprint density at radius 1 is 1.22 bits per heavy atom. The first-order chi connectivity index (χ1) is 11.2. The van der Waals surface area contributed by atoms with E-state index in [2.05, 4.69) is 17.1 Å². The molecule has 0 radical (unpaired) electrons. The van der Waals surface area contributed by atoms with Crippen LogP contribution in [-0.2, 0) is 4.84 Å². The molecule has 1 aromatic rings. The topological polar surface area (TPSA) is 51.0 Å². The lowest BCUT2D eigenvalue weighted by atomic mass is 9.85. The maximum Gasteiger partial charge on any atom is 0.191 e. The summed E-state index contributed by atoms with van der Waals surface area (Å²) in [6.45, 7) is 2.78. The quantitative estimate of drug-likeness (QED) is 0.798. The third-order valence-electron chi connectivity index (χ3n) is 4.68. The second kappa shape index (κ2) is 5.76. The molecule has 0 bridgehead atoms. The van der Waals surface area contributed by atoms with Crippen LogP contribution in [0, 0.1) is 11.8 Å². The highest BCUT2D eigenvalue weighted by atomic mass is 16.6. The van der Waals surface area contributed by atoms with Gasteiger partial charge >= 0.3 is 0 Å². The van der Waals surface area contributed by atoms with Gasteiger partial charge in [-0.05, 0) is 37.5 Å². The Labute approximate surface area is 135 Å². The summed E-state index contributed by atoms with van der Waals surface area (Å²) in [5.41, 5.74) is 3.73. The minimum atomic E-state index is 0.0861. The van der Waals surface area contributed by atoms with Crippen molar-refractivity contribution in [1.82, 2.24) is 0 Å². The Morgan fingerprint density at radius 3 is 2.78 bits per heavy atom. The predicted molar refractivity (Wildman–Crippen MR) is 89.9 cm³/mol. The van der Waals surface area contributed by atoms with Crippen molar-refractivity contribution >= 4 is 17.7 Å². The Kier molecular flexibility index (Phi) is 3.60. The van der Waals surface area contributed by atoms with Gasteiger partial charge in [-0.25, -0.2) is 0 Å². The standard InChI is InChI=1S/C19H20N2O2/c1-12-6-9-16-17(20-10-12)18(21-23-11-13-7-8-13)14-4-2-3-5-15(14)19(16)22/h2-5,10,12-13H,6-9,11H2,1H3/b21-18+. The van der Waals surface area contributed by atoms with Crippen molar-refractivity contribution in [2.45, 2.75) is 32.6 Å². The molecule has 1 atom stereocenters. The third kappa shape index (κ3) is 2.74. The van der Waals surface area contributed by atoms with E-state index >= 15 is 0 Å². The fourth-order valence-electron chi connectivity index (χ4n) is 3.03. The molecule has 3 aliphatic rings. The van der Waals surface area contributed by atoms with Gasteiger partial charge in [0.25, 0.3) is 0 Å². The summed E-state index contributed by atoms with van der Waals surface area (Å²) in [6.07, 6.45) is 6.06. The molecule has 0 saturated heterocycles. The first-order valence-electron chi connectivity index (χ1n) is 8.36.